The average molecular weight is 206 g/mol. The van der Waals surface area contributed by atoms with Gasteiger partial charge in [-0.1, -0.05) is 6.92 Å². The van der Waals surface area contributed by atoms with Crippen molar-refractivity contribution in [1.29, 1.82) is 0 Å². The first-order valence-corrected chi connectivity index (χ1v) is 5.11. The molecule has 0 unspecified atom stereocenters. The van der Waals surface area contributed by atoms with Crippen LogP contribution in [0.3, 0.4) is 0 Å². The summed E-state index contributed by atoms with van der Waals surface area (Å²) < 4.78 is 0. The van der Waals surface area contributed by atoms with Gasteiger partial charge in [-0.25, -0.2) is 0 Å². The SMILES string of the molecule is CCC(CO)CO.OCC1(CO)CC1. The van der Waals surface area contributed by atoms with Gasteiger partial charge in [0.1, 0.15) is 0 Å². The van der Waals surface area contributed by atoms with Crippen LogP contribution < -0.4 is 0 Å². The molecule has 1 fully saturated rings. The van der Waals surface area contributed by atoms with Crippen LogP contribution in [-0.4, -0.2) is 46.9 Å². The van der Waals surface area contributed by atoms with Gasteiger partial charge in [0.15, 0.2) is 0 Å². The molecule has 0 atom stereocenters. The van der Waals surface area contributed by atoms with Crippen molar-refractivity contribution in [3.8, 4) is 0 Å². The molecule has 0 bridgehead atoms. The van der Waals surface area contributed by atoms with Crippen LogP contribution in [0.1, 0.15) is 26.2 Å². The van der Waals surface area contributed by atoms with E-state index in [2.05, 4.69) is 0 Å². The Kier molecular flexibility index (Phi) is 7.09. The monoisotopic (exact) mass is 206 g/mol. The Morgan fingerprint density at radius 2 is 1.43 bits per heavy atom. The van der Waals surface area contributed by atoms with E-state index in [-0.39, 0.29) is 37.8 Å². The van der Waals surface area contributed by atoms with E-state index >= 15 is 0 Å². The van der Waals surface area contributed by atoms with Crippen molar-refractivity contribution in [2.75, 3.05) is 26.4 Å². The molecule has 1 rings (SSSR count). The van der Waals surface area contributed by atoms with E-state index < -0.39 is 0 Å². The van der Waals surface area contributed by atoms with Crippen molar-refractivity contribution in [2.45, 2.75) is 26.2 Å². The molecule has 1 saturated carbocycles. The Morgan fingerprint density at radius 1 is 1.00 bits per heavy atom. The van der Waals surface area contributed by atoms with E-state index in [4.69, 9.17) is 20.4 Å². The smallest absolute Gasteiger partial charge is 0.0509 e. The molecule has 0 spiro atoms. The van der Waals surface area contributed by atoms with Crippen molar-refractivity contribution in [3.05, 3.63) is 0 Å². The van der Waals surface area contributed by atoms with Crippen molar-refractivity contribution in [1.82, 2.24) is 0 Å². The fourth-order valence-corrected chi connectivity index (χ4v) is 0.859. The quantitative estimate of drug-likeness (QED) is 0.500. The van der Waals surface area contributed by atoms with Gasteiger partial charge in [-0.3, -0.25) is 0 Å². The van der Waals surface area contributed by atoms with Gasteiger partial charge in [0.2, 0.25) is 0 Å². The summed E-state index contributed by atoms with van der Waals surface area (Å²) in [5, 5.41) is 33.7. The summed E-state index contributed by atoms with van der Waals surface area (Å²) in [5.74, 6) is 0.0972. The van der Waals surface area contributed by atoms with Gasteiger partial charge in [0.25, 0.3) is 0 Å². The lowest BCUT2D eigenvalue weighted by Gasteiger charge is -2.03. The summed E-state index contributed by atoms with van der Waals surface area (Å²) in [6, 6.07) is 0. The van der Waals surface area contributed by atoms with Crippen molar-refractivity contribution < 1.29 is 20.4 Å². The van der Waals surface area contributed by atoms with Crippen LogP contribution in [0.2, 0.25) is 0 Å². The average Bonchev–Trinajstić information content (AvgIpc) is 3.02. The molecule has 1 aliphatic carbocycles. The van der Waals surface area contributed by atoms with Crippen molar-refractivity contribution in [2.24, 2.45) is 11.3 Å². The van der Waals surface area contributed by atoms with Gasteiger partial charge in [-0.05, 0) is 19.3 Å². The Balaban J connectivity index is 0.000000241. The van der Waals surface area contributed by atoms with Gasteiger partial charge in [0.05, 0.1) is 13.2 Å². The molecule has 14 heavy (non-hydrogen) atoms. The van der Waals surface area contributed by atoms with Gasteiger partial charge in [-0.15, -0.1) is 0 Å². The fourth-order valence-electron chi connectivity index (χ4n) is 0.859. The van der Waals surface area contributed by atoms with Gasteiger partial charge < -0.3 is 20.4 Å². The van der Waals surface area contributed by atoms with E-state index in [0.29, 0.717) is 0 Å². The van der Waals surface area contributed by atoms with Crippen molar-refractivity contribution in [3.63, 3.8) is 0 Å². The number of hydrogen-bond donors (Lipinski definition) is 4. The third-order valence-corrected chi connectivity index (χ3v) is 2.72. The molecule has 0 heterocycles. The Bertz CT molecular complexity index is 119. The highest BCUT2D eigenvalue weighted by Gasteiger charge is 2.41. The van der Waals surface area contributed by atoms with Crippen LogP contribution >= 0.6 is 0 Å². The zero-order chi connectivity index (χ0) is 11.0. The van der Waals surface area contributed by atoms with E-state index in [1.807, 2.05) is 6.92 Å². The first-order valence-electron chi connectivity index (χ1n) is 5.11. The lowest BCUT2D eigenvalue weighted by Crippen LogP contribution is -2.10. The standard InChI is InChI=1S/C5H10O2.C5H12O2/c6-3-5(4-7)1-2-5;1-2-5(3-6)4-7/h6-7H,1-4H2;5-7H,2-4H2,1H3. The zero-order valence-corrected chi connectivity index (χ0v) is 8.82. The second-order valence-corrected chi connectivity index (χ2v) is 3.96. The molecule has 1 aliphatic rings. The maximum absolute atomic E-state index is 8.50. The summed E-state index contributed by atoms with van der Waals surface area (Å²) in [4.78, 5) is 0. The van der Waals surface area contributed by atoms with E-state index in [1.54, 1.807) is 0 Å². The second kappa shape index (κ2) is 7.17. The molecule has 4 heteroatoms. The first kappa shape index (κ1) is 13.8. The largest absolute Gasteiger partial charge is 0.396 e. The molecular weight excluding hydrogens is 184 g/mol. The minimum absolute atomic E-state index is 0.0556. The van der Waals surface area contributed by atoms with Gasteiger partial charge >= 0.3 is 0 Å². The lowest BCUT2D eigenvalue weighted by molar-refractivity contribution is 0.134. The number of rotatable bonds is 5. The molecule has 0 aromatic rings. The summed E-state index contributed by atoms with van der Waals surface area (Å²) in [6.07, 6.45) is 2.85. The first-order chi connectivity index (χ1) is 6.67. The van der Waals surface area contributed by atoms with Crippen LogP contribution in [0.25, 0.3) is 0 Å². The molecular formula is C10H22O4. The molecule has 0 aromatic heterocycles. The predicted octanol–water partition coefficient (Wildman–Crippen LogP) is -0.252. The van der Waals surface area contributed by atoms with E-state index in [1.165, 1.54) is 0 Å². The minimum atomic E-state index is -0.0556. The van der Waals surface area contributed by atoms with Crippen LogP contribution in [0.5, 0.6) is 0 Å². The summed E-state index contributed by atoms with van der Waals surface area (Å²) in [6.45, 7) is 2.46. The topological polar surface area (TPSA) is 80.9 Å². The highest BCUT2D eigenvalue weighted by Crippen LogP contribution is 2.44. The molecule has 4 nitrogen and oxygen atoms in total. The zero-order valence-electron chi connectivity index (χ0n) is 8.82. The Morgan fingerprint density at radius 3 is 1.43 bits per heavy atom. The molecule has 0 radical (unpaired) electrons. The predicted molar refractivity (Wildman–Crippen MR) is 53.8 cm³/mol. The summed E-state index contributed by atoms with van der Waals surface area (Å²) in [5.41, 5.74) is -0.0556. The van der Waals surface area contributed by atoms with E-state index in [0.717, 1.165) is 19.3 Å². The fraction of sp³-hybridized carbons (Fsp3) is 1.00. The van der Waals surface area contributed by atoms with Gasteiger partial charge in [0, 0.05) is 24.5 Å². The molecule has 0 aromatic carbocycles. The third kappa shape index (κ3) is 4.91. The van der Waals surface area contributed by atoms with Crippen LogP contribution in [0.4, 0.5) is 0 Å². The van der Waals surface area contributed by atoms with Crippen molar-refractivity contribution >= 4 is 0 Å². The maximum Gasteiger partial charge on any atom is 0.0509 e. The third-order valence-electron chi connectivity index (χ3n) is 2.72. The van der Waals surface area contributed by atoms with Crippen LogP contribution in [0, 0.1) is 11.3 Å². The highest BCUT2D eigenvalue weighted by atomic mass is 16.3. The molecule has 0 saturated heterocycles. The highest BCUT2D eigenvalue weighted by molar-refractivity contribution is 4.91. The van der Waals surface area contributed by atoms with Crippen LogP contribution in [0.15, 0.2) is 0 Å². The Hall–Kier alpha value is -0.160. The van der Waals surface area contributed by atoms with Crippen LogP contribution in [-0.2, 0) is 0 Å². The number of aliphatic hydroxyl groups excluding tert-OH is 4. The molecule has 86 valence electrons. The second-order valence-electron chi connectivity index (χ2n) is 3.96. The Labute approximate surface area is 85.2 Å². The summed E-state index contributed by atoms with van der Waals surface area (Å²) >= 11 is 0. The number of hydrogen-bond acceptors (Lipinski definition) is 4. The lowest BCUT2D eigenvalue weighted by atomic mass is 10.1. The molecule has 4 N–H and O–H groups in total. The molecule has 0 aliphatic heterocycles. The minimum Gasteiger partial charge on any atom is -0.396 e. The maximum atomic E-state index is 8.50. The molecule has 0 amide bonds. The van der Waals surface area contributed by atoms with E-state index in [9.17, 15) is 0 Å². The normalized spacial score (nSPS) is 17.6. The summed E-state index contributed by atoms with van der Waals surface area (Å²) in [7, 11) is 0. The van der Waals surface area contributed by atoms with Gasteiger partial charge in [-0.2, -0.15) is 0 Å². The number of aliphatic hydroxyl groups is 4.